The van der Waals surface area contributed by atoms with Gasteiger partial charge in [-0.1, -0.05) is 43.0 Å². The topological polar surface area (TPSA) is 33.1 Å². The molecule has 0 atom stereocenters. The highest BCUT2D eigenvalue weighted by molar-refractivity contribution is 5.75. The summed E-state index contributed by atoms with van der Waals surface area (Å²) < 4.78 is 0. The Hall–Kier alpha value is -1.93. The predicted octanol–water partition coefficient (Wildman–Crippen LogP) is 2.75. The molecule has 0 bridgehead atoms. The van der Waals surface area contributed by atoms with E-state index in [1.54, 1.807) is 6.20 Å². The summed E-state index contributed by atoms with van der Waals surface area (Å²) in [5, 5.41) is 7.00. The average Bonchev–Trinajstić information content (AvgIpc) is 2.42. The first-order valence-electron chi connectivity index (χ1n) is 4.98. The zero-order valence-electron chi connectivity index (χ0n) is 9.30. The van der Waals surface area contributed by atoms with Crippen LogP contribution in [0.4, 0.5) is 0 Å². The van der Waals surface area contributed by atoms with Crippen LogP contribution in [-0.4, -0.2) is 17.2 Å². The fourth-order valence-electron chi connectivity index (χ4n) is 1.33. The van der Waals surface area contributed by atoms with Gasteiger partial charge in [0.05, 0.1) is 5.69 Å². The molecule has 1 aromatic carbocycles. The van der Waals surface area contributed by atoms with Crippen LogP contribution in [0.1, 0.15) is 11.3 Å². The maximum absolute atomic E-state index is 7.00. The van der Waals surface area contributed by atoms with E-state index in [4.69, 9.17) is 5.11 Å². The Morgan fingerprint density at radius 1 is 1.00 bits per heavy atom. The molecule has 2 aromatic rings. The SMILES string of the molecule is C=C(c1ccccc1)c1ccccn1.CO. The lowest BCUT2D eigenvalue weighted by Gasteiger charge is -2.03. The van der Waals surface area contributed by atoms with Crippen LogP contribution in [0.3, 0.4) is 0 Å². The Balaban J connectivity index is 0.000000606. The fraction of sp³-hybridized carbons (Fsp3) is 0.0714. The van der Waals surface area contributed by atoms with Crippen molar-refractivity contribution in [2.75, 3.05) is 7.11 Å². The Morgan fingerprint density at radius 2 is 1.62 bits per heavy atom. The number of rotatable bonds is 2. The smallest absolute Gasteiger partial charge is 0.0701 e. The monoisotopic (exact) mass is 213 g/mol. The molecule has 1 aromatic heterocycles. The molecule has 0 unspecified atom stereocenters. The van der Waals surface area contributed by atoms with Gasteiger partial charge in [0.2, 0.25) is 0 Å². The summed E-state index contributed by atoms with van der Waals surface area (Å²) >= 11 is 0. The third-order valence-electron chi connectivity index (χ3n) is 2.10. The van der Waals surface area contributed by atoms with Gasteiger partial charge in [-0.3, -0.25) is 4.98 Å². The molecule has 0 saturated carbocycles. The van der Waals surface area contributed by atoms with Crippen molar-refractivity contribution >= 4 is 5.57 Å². The second-order valence-corrected chi connectivity index (χ2v) is 3.06. The molecular formula is C14H15NO. The summed E-state index contributed by atoms with van der Waals surface area (Å²) in [6.07, 6.45) is 1.78. The molecule has 2 rings (SSSR count). The molecule has 1 heterocycles. The zero-order valence-corrected chi connectivity index (χ0v) is 9.30. The third-order valence-corrected chi connectivity index (χ3v) is 2.10. The van der Waals surface area contributed by atoms with Gasteiger partial charge in [-0.15, -0.1) is 0 Å². The number of nitrogens with zero attached hydrogens (tertiary/aromatic N) is 1. The van der Waals surface area contributed by atoms with Gasteiger partial charge in [-0.05, 0) is 17.7 Å². The fourth-order valence-corrected chi connectivity index (χ4v) is 1.33. The largest absolute Gasteiger partial charge is 0.400 e. The van der Waals surface area contributed by atoms with Crippen LogP contribution in [0.2, 0.25) is 0 Å². The van der Waals surface area contributed by atoms with Gasteiger partial charge < -0.3 is 5.11 Å². The average molecular weight is 213 g/mol. The summed E-state index contributed by atoms with van der Waals surface area (Å²) in [6.45, 7) is 4.03. The van der Waals surface area contributed by atoms with Crippen molar-refractivity contribution in [3.63, 3.8) is 0 Å². The van der Waals surface area contributed by atoms with Crippen LogP contribution in [0.15, 0.2) is 61.3 Å². The summed E-state index contributed by atoms with van der Waals surface area (Å²) in [4.78, 5) is 4.26. The number of aromatic nitrogens is 1. The molecule has 0 fully saturated rings. The first-order valence-corrected chi connectivity index (χ1v) is 4.98. The Bertz CT molecular complexity index is 382. The van der Waals surface area contributed by atoms with Crippen LogP contribution >= 0.6 is 0 Å². The van der Waals surface area contributed by atoms with Crippen LogP contribution in [0, 0.1) is 0 Å². The van der Waals surface area contributed by atoms with E-state index in [0.29, 0.717) is 0 Å². The molecule has 0 aliphatic heterocycles. The number of aliphatic hydroxyl groups excluding tert-OH is 1. The minimum Gasteiger partial charge on any atom is -0.400 e. The van der Waals surface area contributed by atoms with Crippen LogP contribution in [-0.2, 0) is 0 Å². The standard InChI is InChI=1S/C13H11N.CH4O/c1-11(12-7-3-2-4-8-12)13-9-5-6-10-14-13;1-2/h2-10H,1H2;2H,1H3. The lowest BCUT2D eigenvalue weighted by Crippen LogP contribution is -1.88. The zero-order chi connectivity index (χ0) is 11.8. The molecule has 0 aliphatic rings. The normalized spacial score (nSPS) is 8.88. The van der Waals surface area contributed by atoms with Gasteiger partial charge in [-0.25, -0.2) is 0 Å². The van der Waals surface area contributed by atoms with Crippen molar-refractivity contribution in [3.05, 3.63) is 72.6 Å². The first-order chi connectivity index (χ1) is 7.88. The Morgan fingerprint density at radius 3 is 2.19 bits per heavy atom. The lowest BCUT2D eigenvalue weighted by molar-refractivity contribution is 0.399. The van der Waals surface area contributed by atoms with Gasteiger partial charge in [0, 0.05) is 18.9 Å². The molecule has 0 saturated heterocycles. The number of hydrogen-bond donors (Lipinski definition) is 1. The number of pyridine rings is 1. The number of benzene rings is 1. The van der Waals surface area contributed by atoms with E-state index in [-0.39, 0.29) is 0 Å². The molecule has 2 heteroatoms. The maximum atomic E-state index is 7.00. The highest BCUT2D eigenvalue weighted by Gasteiger charge is 2.00. The number of hydrogen-bond acceptors (Lipinski definition) is 2. The summed E-state index contributed by atoms with van der Waals surface area (Å²) in [7, 11) is 1.00. The lowest BCUT2D eigenvalue weighted by atomic mass is 10.0. The summed E-state index contributed by atoms with van der Waals surface area (Å²) in [5.74, 6) is 0. The van der Waals surface area contributed by atoms with Crippen LogP contribution in [0.5, 0.6) is 0 Å². The van der Waals surface area contributed by atoms with Gasteiger partial charge >= 0.3 is 0 Å². The van der Waals surface area contributed by atoms with Gasteiger partial charge in [-0.2, -0.15) is 0 Å². The van der Waals surface area contributed by atoms with Crippen molar-refractivity contribution in [1.29, 1.82) is 0 Å². The van der Waals surface area contributed by atoms with E-state index in [1.165, 1.54) is 0 Å². The van der Waals surface area contributed by atoms with Gasteiger partial charge in [0.25, 0.3) is 0 Å². The van der Waals surface area contributed by atoms with Crippen molar-refractivity contribution in [2.24, 2.45) is 0 Å². The molecule has 82 valence electrons. The molecule has 16 heavy (non-hydrogen) atoms. The van der Waals surface area contributed by atoms with E-state index in [2.05, 4.69) is 11.6 Å². The molecule has 1 N–H and O–H groups in total. The molecule has 0 aliphatic carbocycles. The highest BCUT2D eigenvalue weighted by Crippen LogP contribution is 2.18. The molecule has 0 radical (unpaired) electrons. The maximum Gasteiger partial charge on any atom is 0.0701 e. The first kappa shape index (κ1) is 12.1. The van der Waals surface area contributed by atoms with Gasteiger partial charge in [0.1, 0.15) is 0 Å². The summed E-state index contributed by atoms with van der Waals surface area (Å²) in [5.41, 5.74) is 3.01. The minimum absolute atomic E-state index is 0.929. The second kappa shape index (κ2) is 6.53. The van der Waals surface area contributed by atoms with E-state index < -0.39 is 0 Å². The Kier molecular flexibility index (Phi) is 4.96. The second-order valence-electron chi connectivity index (χ2n) is 3.06. The van der Waals surface area contributed by atoms with E-state index in [0.717, 1.165) is 23.9 Å². The number of aliphatic hydroxyl groups is 1. The van der Waals surface area contributed by atoms with Crippen molar-refractivity contribution in [2.45, 2.75) is 0 Å². The van der Waals surface area contributed by atoms with E-state index in [9.17, 15) is 0 Å². The van der Waals surface area contributed by atoms with E-state index in [1.807, 2.05) is 48.5 Å². The molecule has 0 amide bonds. The van der Waals surface area contributed by atoms with Crippen molar-refractivity contribution < 1.29 is 5.11 Å². The van der Waals surface area contributed by atoms with Crippen molar-refractivity contribution in [1.82, 2.24) is 4.98 Å². The van der Waals surface area contributed by atoms with E-state index >= 15 is 0 Å². The Labute approximate surface area is 95.9 Å². The van der Waals surface area contributed by atoms with Crippen molar-refractivity contribution in [3.8, 4) is 0 Å². The quantitative estimate of drug-likeness (QED) is 0.832. The van der Waals surface area contributed by atoms with Crippen LogP contribution < -0.4 is 0 Å². The molecule has 2 nitrogen and oxygen atoms in total. The predicted molar refractivity (Wildman–Crippen MR) is 67.0 cm³/mol. The minimum atomic E-state index is 0.929. The molecular weight excluding hydrogens is 198 g/mol. The van der Waals surface area contributed by atoms with Gasteiger partial charge in [0.15, 0.2) is 0 Å². The van der Waals surface area contributed by atoms with Crippen LogP contribution in [0.25, 0.3) is 5.57 Å². The molecule has 0 spiro atoms. The third kappa shape index (κ3) is 3.04. The summed E-state index contributed by atoms with van der Waals surface area (Å²) in [6, 6.07) is 15.9. The highest BCUT2D eigenvalue weighted by atomic mass is 16.2.